The van der Waals surface area contributed by atoms with Crippen LogP contribution in [0.5, 0.6) is 0 Å². The van der Waals surface area contributed by atoms with Crippen LogP contribution in [0.15, 0.2) is 24.4 Å². The zero-order valence-electron chi connectivity index (χ0n) is 16.7. The van der Waals surface area contributed by atoms with Gasteiger partial charge in [0.2, 0.25) is 5.91 Å². The molecule has 0 aliphatic carbocycles. The summed E-state index contributed by atoms with van der Waals surface area (Å²) < 4.78 is 67.9. The highest BCUT2D eigenvalue weighted by Crippen LogP contribution is 2.33. The molecule has 0 radical (unpaired) electrons. The number of fused-ring (bicyclic) bond motifs is 2. The maximum atomic E-state index is 14.1. The fourth-order valence-corrected chi connectivity index (χ4v) is 3.64. The van der Waals surface area contributed by atoms with Gasteiger partial charge in [0, 0.05) is 11.8 Å². The number of nitrogens with one attached hydrogen (secondary N) is 2. The number of pyridine rings is 1. The van der Waals surface area contributed by atoms with Gasteiger partial charge < -0.3 is 15.5 Å². The Morgan fingerprint density at radius 2 is 2.03 bits per heavy atom. The average Bonchev–Trinajstić information content (AvgIpc) is 3.16. The molecule has 4 rings (SSSR count). The van der Waals surface area contributed by atoms with E-state index in [1.54, 1.807) is 0 Å². The Kier molecular flexibility index (Phi) is 5.60. The Labute approximate surface area is 187 Å². The van der Waals surface area contributed by atoms with E-state index in [2.05, 4.69) is 20.8 Å². The Morgan fingerprint density at radius 1 is 1.30 bits per heavy atom. The molecule has 2 N–H and O–H groups in total. The average molecular weight is 489 g/mol. The fourth-order valence-electron chi connectivity index (χ4n) is 3.40. The second kappa shape index (κ2) is 8.14. The van der Waals surface area contributed by atoms with E-state index in [-0.39, 0.29) is 34.3 Å². The minimum atomic E-state index is -4.67. The Hall–Kier alpha value is -3.48. The first-order valence-electron chi connectivity index (χ1n) is 9.39. The number of amides is 3. The van der Waals surface area contributed by atoms with E-state index in [1.165, 1.54) is 13.0 Å². The Balaban J connectivity index is 1.51. The lowest BCUT2D eigenvalue weighted by Gasteiger charge is -2.29. The highest BCUT2D eigenvalue weighted by Gasteiger charge is 2.33. The number of alkyl halides is 3. The lowest BCUT2D eigenvalue weighted by molar-refractivity contribution is -0.137. The third-order valence-corrected chi connectivity index (χ3v) is 5.26. The van der Waals surface area contributed by atoms with Gasteiger partial charge in [-0.25, -0.2) is 13.6 Å². The minimum Gasteiger partial charge on any atom is -0.345 e. The molecule has 3 heterocycles. The van der Waals surface area contributed by atoms with Crippen molar-refractivity contribution in [3.05, 3.63) is 58.0 Å². The summed E-state index contributed by atoms with van der Waals surface area (Å²) in [6.45, 7) is 0.560. The maximum Gasteiger partial charge on any atom is 0.417 e. The molecular formula is C19H14ClF5N6O2. The van der Waals surface area contributed by atoms with Gasteiger partial charge in [0.25, 0.3) is 0 Å². The van der Waals surface area contributed by atoms with E-state index in [4.69, 9.17) is 11.6 Å². The summed E-state index contributed by atoms with van der Waals surface area (Å²) in [4.78, 5) is 25.7. The summed E-state index contributed by atoms with van der Waals surface area (Å²) in [7, 11) is 0. The van der Waals surface area contributed by atoms with Crippen LogP contribution in [0, 0.1) is 11.6 Å². The Morgan fingerprint density at radius 3 is 2.73 bits per heavy atom. The number of nitrogens with zero attached hydrogens (tertiary/aromatic N) is 4. The van der Waals surface area contributed by atoms with Gasteiger partial charge in [-0.3, -0.25) is 9.20 Å². The lowest BCUT2D eigenvalue weighted by Crippen LogP contribution is -2.45. The molecule has 0 unspecified atom stereocenters. The van der Waals surface area contributed by atoms with Crippen molar-refractivity contribution in [1.29, 1.82) is 0 Å². The van der Waals surface area contributed by atoms with Crippen LogP contribution in [0.4, 0.5) is 32.4 Å². The number of aromatic nitrogens is 3. The van der Waals surface area contributed by atoms with Crippen LogP contribution in [-0.2, 0) is 17.5 Å². The number of carbonyl (C=O) groups is 2. The number of rotatable bonds is 4. The first-order valence-corrected chi connectivity index (χ1v) is 9.77. The SMILES string of the molecule is C[C@H](NC(=O)CN1Cc2c(ccc(F)c2F)NC1=O)c1nnc2c(Cl)cc(C(F)(F)F)cn12. The van der Waals surface area contributed by atoms with E-state index < -0.39 is 47.9 Å². The van der Waals surface area contributed by atoms with Gasteiger partial charge in [-0.15, -0.1) is 10.2 Å². The number of anilines is 1. The van der Waals surface area contributed by atoms with Crippen molar-refractivity contribution in [3.63, 3.8) is 0 Å². The molecule has 3 aromatic rings. The van der Waals surface area contributed by atoms with Crippen molar-refractivity contribution >= 4 is 34.9 Å². The fraction of sp³-hybridized carbons (Fsp3) is 0.263. The third-order valence-electron chi connectivity index (χ3n) is 4.99. The largest absolute Gasteiger partial charge is 0.417 e. The first kappa shape index (κ1) is 22.7. The highest BCUT2D eigenvalue weighted by atomic mass is 35.5. The van der Waals surface area contributed by atoms with Gasteiger partial charge in [-0.2, -0.15) is 13.2 Å². The molecule has 0 spiro atoms. The molecule has 0 saturated carbocycles. The number of benzene rings is 1. The number of urea groups is 1. The molecular weight excluding hydrogens is 475 g/mol. The van der Waals surface area contributed by atoms with Gasteiger partial charge in [0.15, 0.2) is 23.1 Å². The van der Waals surface area contributed by atoms with Crippen LogP contribution in [0.1, 0.15) is 29.9 Å². The minimum absolute atomic E-state index is 0.0343. The highest BCUT2D eigenvalue weighted by molar-refractivity contribution is 6.33. The Bertz CT molecular complexity index is 1280. The van der Waals surface area contributed by atoms with Crippen molar-refractivity contribution in [2.24, 2.45) is 0 Å². The quantitative estimate of drug-likeness (QED) is 0.545. The van der Waals surface area contributed by atoms with Crippen molar-refractivity contribution in [2.75, 3.05) is 11.9 Å². The van der Waals surface area contributed by atoms with E-state index in [0.717, 1.165) is 21.6 Å². The molecule has 33 heavy (non-hydrogen) atoms. The second-order valence-corrected chi connectivity index (χ2v) is 7.70. The molecule has 3 amide bonds. The number of hydrogen-bond acceptors (Lipinski definition) is 4. The van der Waals surface area contributed by atoms with Crippen LogP contribution in [0.2, 0.25) is 5.02 Å². The molecule has 0 bridgehead atoms. The summed E-state index contributed by atoms with van der Waals surface area (Å²) >= 11 is 5.88. The van der Waals surface area contributed by atoms with Gasteiger partial charge in [-0.1, -0.05) is 11.6 Å². The maximum absolute atomic E-state index is 14.1. The van der Waals surface area contributed by atoms with Crippen LogP contribution >= 0.6 is 11.6 Å². The van der Waals surface area contributed by atoms with Crippen molar-refractivity contribution in [2.45, 2.75) is 25.7 Å². The predicted molar refractivity (Wildman–Crippen MR) is 105 cm³/mol. The predicted octanol–water partition coefficient (Wildman–Crippen LogP) is 3.90. The van der Waals surface area contributed by atoms with E-state index in [0.29, 0.717) is 6.07 Å². The molecule has 14 heteroatoms. The normalized spacial score (nSPS) is 14.8. The first-order chi connectivity index (χ1) is 15.5. The van der Waals surface area contributed by atoms with Crippen LogP contribution < -0.4 is 10.6 Å². The third kappa shape index (κ3) is 4.27. The molecule has 2 aromatic heterocycles. The molecule has 1 atom stereocenters. The molecule has 0 saturated heterocycles. The molecule has 1 aromatic carbocycles. The topological polar surface area (TPSA) is 91.6 Å². The second-order valence-electron chi connectivity index (χ2n) is 7.29. The van der Waals surface area contributed by atoms with Crippen LogP contribution in [0.3, 0.4) is 0 Å². The molecule has 8 nitrogen and oxygen atoms in total. The molecule has 1 aliphatic heterocycles. The molecule has 0 fully saturated rings. The van der Waals surface area contributed by atoms with Gasteiger partial charge >= 0.3 is 12.2 Å². The summed E-state index contributed by atoms with van der Waals surface area (Å²) in [6, 6.07) is 1.17. The number of halogens is 6. The van der Waals surface area contributed by atoms with Crippen molar-refractivity contribution in [3.8, 4) is 0 Å². The summed E-state index contributed by atoms with van der Waals surface area (Å²) in [5.74, 6) is -2.99. The van der Waals surface area contributed by atoms with Gasteiger partial charge in [0.1, 0.15) is 6.54 Å². The van der Waals surface area contributed by atoms with Crippen LogP contribution in [0.25, 0.3) is 5.65 Å². The number of hydrogen-bond donors (Lipinski definition) is 2. The molecule has 174 valence electrons. The van der Waals surface area contributed by atoms with E-state index in [9.17, 15) is 31.5 Å². The smallest absolute Gasteiger partial charge is 0.345 e. The summed E-state index contributed by atoms with van der Waals surface area (Å²) in [6.07, 6.45) is -3.91. The van der Waals surface area contributed by atoms with Gasteiger partial charge in [-0.05, 0) is 25.1 Å². The standard InChI is InChI=1S/C19H14ClF5N6O2/c1-8(16-28-29-17-11(20)4-9(5-31(16)17)19(23,24)25)26-14(32)7-30-6-10-13(27-18(30)33)3-2-12(21)15(10)22/h2-5,8H,6-7H2,1H3,(H,26,32)(H,27,33)/t8-/m0/s1. The van der Waals surface area contributed by atoms with Crippen molar-refractivity contribution in [1.82, 2.24) is 24.8 Å². The van der Waals surface area contributed by atoms with E-state index >= 15 is 0 Å². The van der Waals surface area contributed by atoms with Crippen molar-refractivity contribution < 1.29 is 31.5 Å². The van der Waals surface area contributed by atoms with Crippen LogP contribution in [-0.4, -0.2) is 38.0 Å². The van der Waals surface area contributed by atoms with Gasteiger partial charge in [0.05, 0.1) is 28.9 Å². The monoisotopic (exact) mass is 488 g/mol. The zero-order valence-corrected chi connectivity index (χ0v) is 17.4. The lowest BCUT2D eigenvalue weighted by atomic mass is 10.1. The molecule has 1 aliphatic rings. The summed E-state index contributed by atoms with van der Waals surface area (Å²) in [5.41, 5.74) is -1.09. The van der Waals surface area contributed by atoms with E-state index in [1.807, 2.05) is 0 Å². The zero-order chi connectivity index (χ0) is 24.1. The summed E-state index contributed by atoms with van der Waals surface area (Å²) in [5, 5.41) is 12.1. The number of carbonyl (C=O) groups excluding carboxylic acids is 2.